The molecule has 9 heteroatoms. The quantitative estimate of drug-likeness (QED) is 0.754. The summed E-state index contributed by atoms with van der Waals surface area (Å²) in [5, 5.41) is 7.14. The predicted octanol–water partition coefficient (Wildman–Crippen LogP) is -0.168. The first-order valence-corrected chi connectivity index (χ1v) is 8.50. The SMILES string of the molecule is CS(=O)(=O)c1cc2ccnnc2nc1S(C)(=O)=O. The fraction of sp³-hybridized carbons (Fsp3) is 0.222. The Bertz CT molecular complexity index is 758. The van der Waals surface area contributed by atoms with Crippen LogP contribution in [0.5, 0.6) is 0 Å². The van der Waals surface area contributed by atoms with E-state index in [1.165, 1.54) is 18.3 Å². The maximum atomic E-state index is 11.6. The second-order valence-corrected chi connectivity index (χ2v) is 7.70. The fourth-order valence-electron chi connectivity index (χ4n) is 1.42. The topological polar surface area (TPSA) is 107 Å². The molecule has 0 unspecified atom stereocenters. The van der Waals surface area contributed by atoms with Crippen molar-refractivity contribution in [2.24, 2.45) is 0 Å². The molecule has 0 aromatic carbocycles. The molecular formula is C9H9N3O4S2. The van der Waals surface area contributed by atoms with Crippen LogP contribution in [-0.4, -0.2) is 44.5 Å². The van der Waals surface area contributed by atoms with Crippen LogP contribution in [0.1, 0.15) is 0 Å². The molecule has 2 rings (SSSR count). The van der Waals surface area contributed by atoms with Gasteiger partial charge in [0.2, 0.25) is 0 Å². The van der Waals surface area contributed by atoms with E-state index in [1.54, 1.807) is 0 Å². The van der Waals surface area contributed by atoms with E-state index in [-0.39, 0.29) is 10.5 Å². The van der Waals surface area contributed by atoms with Crippen molar-refractivity contribution in [1.29, 1.82) is 0 Å². The monoisotopic (exact) mass is 287 g/mol. The fourth-order valence-corrected chi connectivity index (χ4v) is 3.71. The summed E-state index contributed by atoms with van der Waals surface area (Å²) >= 11 is 0. The van der Waals surface area contributed by atoms with Gasteiger partial charge in [0.05, 0.1) is 6.20 Å². The Hall–Kier alpha value is -1.61. The minimum Gasteiger partial charge on any atom is -0.224 e. The normalized spacial score (nSPS) is 12.8. The third-order valence-corrected chi connectivity index (χ3v) is 4.44. The summed E-state index contributed by atoms with van der Waals surface area (Å²) in [6.07, 6.45) is 3.20. The molecule has 0 radical (unpaired) electrons. The Morgan fingerprint density at radius 1 is 1.06 bits per heavy atom. The van der Waals surface area contributed by atoms with E-state index < -0.39 is 24.7 Å². The summed E-state index contributed by atoms with van der Waals surface area (Å²) < 4.78 is 46.3. The first kappa shape index (κ1) is 12.8. The molecule has 0 N–H and O–H groups in total. The first-order valence-electron chi connectivity index (χ1n) is 4.72. The average Bonchev–Trinajstić information content (AvgIpc) is 2.25. The van der Waals surface area contributed by atoms with Crippen LogP contribution in [0, 0.1) is 0 Å². The number of fused-ring (bicyclic) bond motifs is 1. The smallest absolute Gasteiger partial charge is 0.194 e. The maximum absolute atomic E-state index is 11.6. The number of aromatic nitrogens is 3. The largest absolute Gasteiger partial charge is 0.224 e. The van der Waals surface area contributed by atoms with Crippen LogP contribution >= 0.6 is 0 Å². The van der Waals surface area contributed by atoms with Crippen molar-refractivity contribution in [3.63, 3.8) is 0 Å². The van der Waals surface area contributed by atoms with Crippen LogP contribution in [0.15, 0.2) is 28.3 Å². The lowest BCUT2D eigenvalue weighted by Crippen LogP contribution is -2.10. The third kappa shape index (κ3) is 2.31. The molecule has 0 aliphatic carbocycles. The number of hydrogen-bond acceptors (Lipinski definition) is 7. The van der Waals surface area contributed by atoms with Gasteiger partial charge in [-0.1, -0.05) is 0 Å². The molecular weight excluding hydrogens is 278 g/mol. The van der Waals surface area contributed by atoms with Gasteiger partial charge in [0.25, 0.3) is 0 Å². The highest BCUT2D eigenvalue weighted by molar-refractivity contribution is 7.93. The molecule has 0 aliphatic rings. The molecule has 18 heavy (non-hydrogen) atoms. The lowest BCUT2D eigenvalue weighted by molar-refractivity contribution is 0.584. The van der Waals surface area contributed by atoms with Crippen LogP contribution in [0.3, 0.4) is 0 Å². The molecule has 0 amide bonds. The second-order valence-electron chi connectivity index (χ2n) is 3.78. The molecule has 0 aliphatic heterocycles. The van der Waals surface area contributed by atoms with Crippen LogP contribution in [-0.2, 0) is 19.7 Å². The Kier molecular flexibility index (Phi) is 2.82. The van der Waals surface area contributed by atoms with Gasteiger partial charge < -0.3 is 0 Å². The van der Waals surface area contributed by atoms with E-state index in [0.717, 1.165) is 12.5 Å². The summed E-state index contributed by atoms with van der Waals surface area (Å²) in [4.78, 5) is 3.44. The Morgan fingerprint density at radius 2 is 1.72 bits per heavy atom. The summed E-state index contributed by atoms with van der Waals surface area (Å²) in [5.74, 6) is 0. The maximum Gasteiger partial charge on any atom is 0.194 e. The minimum atomic E-state index is -3.77. The molecule has 0 saturated heterocycles. The molecule has 0 atom stereocenters. The number of pyridine rings is 1. The Balaban J connectivity index is 2.99. The van der Waals surface area contributed by atoms with E-state index in [2.05, 4.69) is 15.2 Å². The van der Waals surface area contributed by atoms with Gasteiger partial charge in [-0.25, -0.2) is 21.8 Å². The number of hydrogen-bond donors (Lipinski definition) is 0. The van der Waals surface area contributed by atoms with E-state index in [1.807, 2.05) is 0 Å². The zero-order valence-corrected chi connectivity index (χ0v) is 11.2. The van der Waals surface area contributed by atoms with Crippen LogP contribution in [0.25, 0.3) is 11.0 Å². The van der Waals surface area contributed by atoms with Crippen molar-refractivity contribution in [2.75, 3.05) is 12.5 Å². The van der Waals surface area contributed by atoms with Gasteiger partial charge in [-0.15, -0.1) is 5.10 Å². The van der Waals surface area contributed by atoms with Gasteiger partial charge >= 0.3 is 0 Å². The van der Waals surface area contributed by atoms with E-state index in [9.17, 15) is 16.8 Å². The molecule has 96 valence electrons. The lowest BCUT2D eigenvalue weighted by atomic mass is 10.3. The van der Waals surface area contributed by atoms with E-state index in [4.69, 9.17) is 0 Å². The highest BCUT2D eigenvalue weighted by Crippen LogP contribution is 2.22. The minimum absolute atomic E-state index is 0.0883. The Labute approximate surface area is 104 Å². The summed E-state index contributed by atoms with van der Waals surface area (Å²) in [5.41, 5.74) is 0.0883. The van der Waals surface area contributed by atoms with Crippen molar-refractivity contribution in [3.05, 3.63) is 18.3 Å². The van der Waals surface area contributed by atoms with E-state index in [0.29, 0.717) is 5.39 Å². The molecule has 0 bridgehead atoms. The van der Waals surface area contributed by atoms with E-state index >= 15 is 0 Å². The summed E-state index contributed by atoms with van der Waals surface area (Å²) in [6, 6.07) is 2.75. The van der Waals surface area contributed by atoms with Crippen molar-refractivity contribution in [2.45, 2.75) is 9.92 Å². The third-order valence-electron chi connectivity index (χ3n) is 2.19. The molecule has 2 heterocycles. The van der Waals surface area contributed by atoms with Gasteiger partial charge in [0.1, 0.15) is 4.90 Å². The van der Waals surface area contributed by atoms with Crippen LogP contribution in [0.4, 0.5) is 0 Å². The van der Waals surface area contributed by atoms with Crippen molar-refractivity contribution >= 4 is 30.7 Å². The molecule has 0 fully saturated rings. The van der Waals surface area contributed by atoms with Gasteiger partial charge in [-0.05, 0) is 12.1 Å². The van der Waals surface area contributed by atoms with Gasteiger partial charge in [-0.3, -0.25) is 0 Å². The number of sulfone groups is 2. The summed E-state index contributed by atoms with van der Waals surface area (Å²) in [6.45, 7) is 0. The van der Waals surface area contributed by atoms with Gasteiger partial charge in [0.15, 0.2) is 30.3 Å². The zero-order valence-electron chi connectivity index (χ0n) is 9.52. The zero-order chi connectivity index (χ0) is 13.6. The van der Waals surface area contributed by atoms with Crippen molar-refractivity contribution < 1.29 is 16.8 Å². The predicted molar refractivity (Wildman–Crippen MR) is 63.6 cm³/mol. The Morgan fingerprint density at radius 3 is 2.28 bits per heavy atom. The molecule has 0 saturated carbocycles. The van der Waals surface area contributed by atoms with Crippen molar-refractivity contribution in [1.82, 2.24) is 15.2 Å². The van der Waals surface area contributed by atoms with Gasteiger partial charge in [0, 0.05) is 17.9 Å². The number of nitrogens with zero attached hydrogens (tertiary/aromatic N) is 3. The first-order chi connectivity index (χ1) is 8.19. The average molecular weight is 287 g/mol. The molecule has 7 nitrogen and oxygen atoms in total. The molecule has 2 aromatic rings. The highest BCUT2D eigenvalue weighted by Gasteiger charge is 2.23. The number of rotatable bonds is 2. The lowest BCUT2D eigenvalue weighted by Gasteiger charge is -2.06. The molecule has 2 aromatic heterocycles. The highest BCUT2D eigenvalue weighted by atomic mass is 32.2. The standard InChI is InChI=1S/C9H9N3O4S2/c1-17(13,14)7-5-6-3-4-10-12-8(6)11-9(7)18(2,15)16/h3-5H,1-2H3. The van der Waals surface area contributed by atoms with Crippen molar-refractivity contribution in [3.8, 4) is 0 Å². The van der Waals surface area contributed by atoms with Crippen LogP contribution in [0.2, 0.25) is 0 Å². The second kappa shape index (κ2) is 3.95. The molecule has 0 spiro atoms. The van der Waals surface area contributed by atoms with Gasteiger partial charge in [-0.2, -0.15) is 5.10 Å². The van der Waals surface area contributed by atoms with Crippen LogP contribution < -0.4 is 0 Å². The summed E-state index contributed by atoms with van der Waals surface area (Å²) in [7, 11) is -7.46.